The van der Waals surface area contributed by atoms with E-state index >= 15 is 0 Å². The van der Waals surface area contributed by atoms with Crippen LogP contribution in [0.25, 0.3) is 0 Å². The SMILES string of the molecule is CCCCCC(CCC)C(=N)C(=O)Cc1ccc(OC)c(CP)c1. The van der Waals surface area contributed by atoms with Crippen LogP contribution in [0, 0.1) is 11.3 Å². The molecule has 134 valence electrons. The molecule has 1 rings (SSSR count). The number of hydrogen-bond donors (Lipinski definition) is 1. The van der Waals surface area contributed by atoms with Crippen molar-refractivity contribution >= 4 is 20.7 Å². The number of hydrogen-bond acceptors (Lipinski definition) is 3. The Morgan fingerprint density at radius 2 is 1.96 bits per heavy atom. The van der Waals surface area contributed by atoms with Crippen LogP contribution in [0.4, 0.5) is 0 Å². The predicted molar refractivity (Wildman–Crippen MR) is 105 cm³/mol. The average molecular weight is 349 g/mol. The maximum absolute atomic E-state index is 12.6. The Bertz CT molecular complexity index is 542. The molecule has 3 nitrogen and oxygen atoms in total. The molecule has 1 aromatic rings. The summed E-state index contributed by atoms with van der Waals surface area (Å²) in [5, 5.41) is 8.34. The minimum Gasteiger partial charge on any atom is -0.496 e. The molecular formula is C20H32NO2P. The molecule has 0 fully saturated rings. The molecule has 2 unspecified atom stereocenters. The Kier molecular flexibility index (Phi) is 9.86. The van der Waals surface area contributed by atoms with Gasteiger partial charge in [-0.3, -0.25) is 4.79 Å². The van der Waals surface area contributed by atoms with Crippen LogP contribution in [-0.2, 0) is 17.4 Å². The Labute approximate surface area is 149 Å². The molecule has 0 amide bonds. The van der Waals surface area contributed by atoms with Crippen molar-refractivity contribution in [3.63, 3.8) is 0 Å². The lowest BCUT2D eigenvalue weighted by Gasteiger charge is -2.17. The van der Waals surface area contributed by atoms with E-state index in [9.17, 15) is 4.79 Å². The summed E-state index contributed by atoms with van der Waals surface area (Å²) < 4.78 is 5.33. The summed E-state index contributed by atoms with van der Waals surface area (Å²) in [5.74, 6) is 0.929. The normalized spacial score (nSPS) is 12.0. The highest BCUT2D eigenvalue weighted by Gasteiger charge is 2.20. The molecule has 4 heteroatoms. The Hall–Kier alpha value is -1.21. The second-order valence-corrected chi connectivity index (χ2v) is 6.75. The van der Waals surface area contributed by atoms with Crippen LogP contribution in [-0.4, -0.2) is 18.6 Å². The number of carbonyl (C=O) groups excluding carboxylic acids is 1. The summed E-state index contributed by atoms with van der Waals surface area (Å²) in [6.07, 6.45) is 7.48. The van der Waals surface area contributed by atoms with Crippen molar-refractivity contribution in [2.45, 2.75) is 65.0 Å². The van der Waals surface area contributed by atoms with Gasteiger partial charge in [0.05, 0.1) is 12.8 Å². The van der Waals surface area contributed by atoms with Gasteiger partial charge in [-0.1, -0.05) is 51.7 Å². The van der Waals surface area contributed by atoms with E-state index in [1.54, 1.807) is 7.11 Å². The number of unbranched alkanes of at least 4 members (excludes halogenated alkanes) is 2. The Balaban J connectivity index is 2.75. The van der Waals surface area contributed by atoms with Gasteiger partial charge in [0.2, 0.25) is 0 Å². The third-order valence-electron chi connectivity index (χ3n) is 4.43. The van der Waals surface area contributed by atoms with E-state index in [1.165, 1.54) is 12.8 Å². The molecule has 1 N–H and O–H groups in total. The molecule has 0 bridgehead atoms. The molecule has 2 atom stereocenters. The summed E-state index contributed by atoms with van der Waals surface area (Å²) in [6.45, 7) is 4.30. The van der Waals surface area contributed by atoms with Crippen LogP contribution < -0.4 is 4.74 Å². The zero-order chi connectivity index (χ0) is 17.9. The lowest BCUT2D eigenvalue weighted by molar-refractivity contribution is -0.112. The third kappa shape index (κ3) is 6.36. The quantitative estimate of drug-likeness (QED) is 0.320. The largest absolute Gasteiger partial charge is 0.496 e. The van der Waals surface area contributed by atoms with Crippen LogP contribution in [0.2, 0.25) is 0 Å². The van der Waals surface area contributed by atoms with Crippen molar-refractivity contribution in [2.24, 2.45) is 5.92 Å². The second kappa shape index (κ2) is 11.4. The fourth-order valence-electron chi connectivity index (χ4n) is 3.03. The predicted octanol–water partition coefficient (Wildman–Crippen LogP) is 5.20. The average Bonchev–Trinajstić information content (AvgIpc) is 2.60. The molecule has 0 aromatic heterocycles. The van der Waals surface area contributed by atoms with Gasteiger partial charge in [-0.15, -0.1) is 9.24 Å². The van der Waals surface area contributed by atoms with Crippen LogP contribution in [0.15, 0.2) is 18.2 Å². The Morgan fingerprint density at radius 3 is 2.54 bits per heavy atom. The first-order valence-corrected chi connectivity index (χ1v) is 9.86. The molecule has 0 heterocycles. The van der Waals surface area contributed by atoms with Crippen LogP contribution in [0.1, 0.15) is 63.5 Å². The summed E-state index contributed by atoms with van der Waals surface area (Å²) >= 11 is 0. The van der Waals surface area contributed by atoms with Gasteiger partial charge in [-0.2, -0.15) is 0 Å². The van der Waals surface area contributed by atoms with E-state index in [2.05, 4.69) is 23.1 Å². The number of ether oxygens (including phenoxy) is 1. The molecule has 0 saturated heterocycles. The zero-order valence-corrected chi connectivity index (χ0v) is 16.5. The fraction of sp³-hybridized carbons (Fsp3) is 0.600. The molecule has 0 aliphatic rings. The molecule has 0 aliphatic heterocycles. The Morgan fingerprint density at radius 1 is 1.21 bits per heavy atom. The monoisotopic (exact) mass is 349 g/mol. The van der Waals surface area contributed by atoms with E-state index in [0.717, 1.165) is 48.7 Å². The maximum Gasteiger partial charge on any atom is 0.180 e. The van der Waals surface area contributed by atoms with Crippen LogP contribution in [0.5, 0.6) is 5.75 Å². The summed E-state index contributed by atoms with van der Waals surface area (Å²) in [5.41, 5.74) is 2.36. The van der Waals surface area contributed by atoms with Gasteiger partial charge in [0.1, 0.15) is 5.75 Å². The van der Waals surface area contributed by atoms with Gasteiger partial charge in [0.25, 0.3) is 0 Å². The molecule has 0 aliphatic carbocycles. The van der Waals surface area contributed by atoms with Crippen molar-refractivity contribution in [1.82, 2.24) is 0 Å². The van der Waals surface area contributed by atoms with E-state index in [4.69, 9.17) is 10.1 Å². The topological polar surface area (TPSA) is 50.2 Å². The highest BCUT2D eigenvalue weighted by Crippen LogP contribution is 2.23. The summed E-state index contributed by atoms with van der Waals surface area (Å²) in [7, 11) is 4.35. The first-order valence-electron chi connectivity index (χ1n) is 9.04. The first-order chi connectivity index (χ1) is 11.6. The number of carbonyl (C=O) groups is 1. The number of nitrogens with one attached hydrogen (secondary N) is 1. The molecule has 0 radical (unpaired) electrons. The van der Waals surface area contributed by atoms with Crippen molar-refractivity contribution in [1.29, 1.82) is 5.41 Å². The number of ketones is 1. The minimum atomic E-state index is -0.0372. The van der Waals surface area contributed by atoms with Crippen LogP contribution in [0.3, 0.4) is 0 Å². The van der Waals surface area contributed by atoms with E-state index in [-0.39, 0.29) is 11.7 Å². The summed E-state index contributed by atoms with van der Waals surface area (Å²) in [6, 6.07) is 5.86. The van der Waals surface area contributed by atoms with Gasteiger partial charge in [0.15, 0.2) is 5.78 Å². The van der Waals surface area contributed by atoms with Gasteiger partial charge >= 0.3 is 0 Å². The van der Waals surface area contributed by atoms with Crippen LogP contribution >= 0.6 is 9.24 Å². The van der Waals surface area contributed by atoms with E-state index < -0.39 is 0 Å². The lowest BCUT2D eigenvalue weighted by atomic mass is 9.88. The molecule has 1 aromatic carbocycles. The van der Waals surface area contributed by atoms with Gasteiger partial charge in [-0.05, 0) is 36.2 Å². The highest BCUT2D eigenvalue weighted by molar-refractivity contribution is 7.15. The standard InChI is InChI=1S/C20H32NO2P/c1-4-6-7-9-16(8-5-2)20(21)18(22)13-15-10-11-19(23-3)17(12-15)14-24/h10-12,16,21H,4-9,13-14,24H2,1-3H3. The lowest BCUT2D eigenvalue weighted by Crippen LogP contribution is -2.25. The second-order valence-electron chi connectivity index (χ2n) is 6.35. The highest BCUT2D eigenvalue weighted by atomic mass is 31.0. The smallest absolute Gasteiger partial charge is 0.180 e. The van der Waals surface area contributed by atoms with Gasteiger partial charge in [0, 0.05) is 12.3 Å². The molecular weight excluding hydrogens is 317 g/mol. The fourth-order valence-corrected chi connectivity index (χ4v) is 3.35. The number of rotatable bonds is 12. The third-order valence-corrected chi connectivity index (χ3v) is 4.87. The van der Waals surface area contributed by atoms with Crippen molar-refractivity contribution < 1.29 is 9.53 Å². The maximum atomic E-state index is 12.6. The van der Waals surface area contributed by atoms with E-state index in [1.807, 2.05) is 18.2 Å². The number of Topliss-reactive ketones (excluding diaryl/α,β-unsaturated/α-hetero) is 1. The molecule has 24 heavy (non-hydrogen) atoms. The van der Waals surface area contributed by atoms with E-state index in [0.29, 0.717) is 12.1 Å². The number of methoxy groups -OCH3 is 1. The van der Waals surface area contributed by atoms with Crippen molar-refractivity contribution in [3.8, 4) is 5.75 Å². The zero-order valence-electron chi connectivity index (χ0n) is 15.4. The van der Waals surface area contributed by atoms with Gasteiger partial charge < -0.3 is 10.1 Å². The molecule has 0 spiro atoms. The van der Waals surface area contributed by atoms with Gasteiger partial charge in [-0.25, -0.2) is 0 Å². The number of benzene rings is 1. The summed E-state index contributed by atoms with van der Waals surface area (Å²) in [4.78, 5) is 12.6. The first kappa shape index (κ1) is 20.8. The van der Waals surface area contributed by atoms with Crippen molar-refractivity contribution in [2.75, 3.05) is 7.11 Å². The molecule has 0 saturated carbocycles. The minimum absolute atomic E-state index is 0.0372. The van der Waals surface area contributed by atoms with Crippen molar-refractivity contribution in [3.05, 3.63) is 29.3 Å².